The topological polar surface area (TPSA) is 88.2 Å². The second-order valence-corrected chi connectivity index (χ2v) is 4.40. The van der Waals surface area contributed by atoms with Gasteiger partial charge in [-0.25, -0.2) is 0 Å². The van der Waals surface area contributed by atoms with Gasteiger partial charge in [-0.2, -0.15) is 0 Å². The summed E-state index contributed by atoms with van der Waals surface area (Å²) in [7, 11) is 0. The minimum Gasteiger partial charge on any atom is -0.397 e. The van der Waals surface area contributed by atoms with E-state index in [0.717, 1.165) is 6.42 Å². The quantitative estimate of drug-likeness (QED) is 0.706. The molecule has 1 aromatic rings. The molecule has 5 heteroatoms. The first kappa shape index (κ1) is 14.4. The summed E-state index contributed by atoms with van der Waals surface area (Å²) in [5.74, 6) is 0.136. The van der Waals surface area contributed by atoms with E-state index in [1.54, 1.807) is 13.0 Å². The van der Waals surface area contributed by atoms with Gasteiger partial charge in [0.25, 0.3) is 5.91 Å². The summed E-state index contributed by atoms with van der Waals surface area (Å²) in [5.41, 5.74) is 7.27. The molecule has 1 atom stereocenters. The normalized spacial score (nSPS) is 12.2. The fraction of sp³-hybridized carbons (Fsp3) is 0.538. The number of aryl methyl sites for hydroxylation is 1. The molecule has 0 saturated carbocycles. The molecule has 0 aliphatic carbocycles. The summed E-state index contributed by atoms with van der Waals surface area (Å²) in [6.45, 7) is 4.52. The molecule has 1 amide bonds. The van der Waals surface area contributed by atoms with Gasteiger partial charge in [0, 0.05) is 13.2 Å². The van der Waals surface area contributed by atoms with Crippen LogP contribution in [-0.2, 0) is 0 Å². The molecule has 4 N–H and O–H groups in total. The average molecular weight is 251 g/mol. The van der Waals surface area contributed by atoms with Gasteiger partial charge >= 0.3 is 0 Å². The van der Waals surface area contributed by atoms with Crippen LogP contribution in [0.5, 0.6) is 0 Å². The SMILES string of the molecule is CCC(CCO)CNC(=O)c1cc(N)cnc1C. The van der Waals surface area contributed by atoms with Crippen LogP contribution >= 0.6 is 0 Å². The lowest BCUT2D eigenvalue weighted by Crippen LogP contribution is -2.30. The molecule has 0 spiro atoms. The van der Waals surface area contributed by atoms with E-state index < -0.39 is 0 Å². The number of hydrogen-bond acceptors (Lipinski definition) is 4. The number of amides is 1. The number of anilines is 1. The predicted octanol–water partition coefficient (Wildman–Crippen LogP) is 1.11. The van der Waals surface area contributed by atoms with Crippen molar-refractivity contribution < 1.29 is 9.90 Å². The molecule has 100 valence electrons. The number of carbonyl (C=O) groups is 1. The molecule has 18 heavy (non-hydrogen) atoms. The number of pyridine rings is 1. The smallest absolute Gasteiger partial charge is 0.253 e. The van der Waals surface area contributed by atoms with Crippen LogP contribution in [0.2, 0.25) is 0 Å². The van der Waals surface area contributed by atoms with Crippen molar-refractivity contribution in [1.82, 2.24) is 10.3 Å². The Labute approximate surface area is 107 Å². The number of hydrogen-bond donors (Lipinski definition) is 3. The lowest BCUT2D eigenvalue weighted by molar-refractivity contribution is 0.0942. The molecular formula is C13H21N3O2. The van der Waals surface area contributed by atoms with Gasteiger partial charge in [-0.15, -0.1) is 0 Å². The zero-order valence-electron chi connectivity index (χ0n) is 10.9. The molecule has 0 aliphatic rings. The van der Waals surface area contributed by atoms with Gasteiger partial charge in [0.05, 0.1) is 23.1 Å². The van der Waals surface area contributed by atoms with Gasteiger partial charge in [-0.1, -0.05) is 13.3 Å². The number of nitrogen functional groups attached to an aromatic ring is 1. The van der Waals surface area contributed by atoms with Gasteiger partial charge in [-0.3, -0.25) is 9.78 Å². The maximum absolute atomic E-state index is 12.0. The number of nitrogens with zero attached hydrogens (tertiary/aromatic N) is 1. The van der Waals surface area contributed by atoms with Crippen LogP contribution < -0.4 is 11.1 Å². The second-order valence-electron chi connectivity index (χ2n) is 4.40. The minimum absolute atomic E-state index is 0.146. The van der Waals surface area contributed by atoms with E-state index in [-0.39, 0.29) is 12.5 Å². The molecule has 0 aromatic carbocycles. The molecule has 1 aromatic heterocycles. The molecular weight excluding hydrogens is 230 g/mol. The third-order valence-electron chi connectivity index (χ3n) is 3.02. The Hall–Kier alpha value is -1.62. The summed E-state index contributed by atoms with van der Waals surface area (Å²) in [6.07, 6.45) is 3.16. The highest BCUT2D eigenvalue weighted by Crippen LogP contribution is 2.10. The molecule has 0 saturated heterocycles. The first-order valence-corrected chi connectivity index (χ1v) is 6.19. The average Bonchev–Trinajstić information content (AvgIpc) is 2.37. The van der Waals surface area contributed by atoms with E-state index in [9.17, 15) is 4.79 Å². The van der Waals surface area contributed by atoms with Crippen molar-refractivity contribution in [2.75, 3.05) is 18.9 Å². The molecule has 1 rings (SSSR count). The van der Waals surface area contributed by atoms with Crippen LogP contribution in [0.15, 0.2) is 12.3 Å². The third-order valence-corrected chi connectivity index (χ3v) is 3.02. The van der Waals surface area contributed by atoms with Gasteiger partial charge < -0.3 is 16.2 Å². The molecule has 5 nitrogen and oxygen atoms in total. The van der Waals surface area contributed by atoms with Gasteiger partial charge in [-0.05, 0) is 25.3 Å². The zero-order chi connectivity index (χ0) is 13.5. The van der Waals surface area contributed by atoms with Crippen molar-refractivity contribution in [2.24, 2.45) is 5.92 Å². The summed E-state index contributed by atoms with van der Waals surface area (Å²) in [5, 5.41) is 11.7. The lowest BCUT2D eigenvalue weighted by Gasteiger charge is -2.15. The number of aliphatic hydroxyl groups is 1. The number of aliphatic hydroxyl groups excluding tert-OH is 1. The summed E-state index contributed by atoms with van der Waals surface area (Å²) in [4.78, 5) is 16.0. The van der Waals surface area contributed by atoms with E-state index in [0.29, 0.717) is 35.8 Å². The van der Waals surface area contributed by atoms with Gasteiger partial charge in [0.15, 0.2) is 0 Å². The van der Waals surface area contributed by atoms with Crippen LogP contribution in [-0.4, -0.2) is 29.1 Å². The third kappa shape index (κ3) is 4.00. The monoisotopic (exact) mass is 251 g/mol. The Morgan fingerprint density at radius 2 is 2.33 bits per heavy atom. The molecule has 1 unspecified atom stereocenters. The van der Waals surface area contributed by atoms with Crippen LogP contribution in [0.1, 0.15) is 35.8 Å². The molecule has 0 radical (unpaired) electrons. The Bertz CT molecular complexity index is 407. The molecule has 0 bridgehead atoms. The maximum Gasteiger partial charge on any atom is 0.253 e. The van der Waals surface area contributed by atoms with Gasteiger partial charge in [0.1, 0.15) is 0 Å². The summed E-state index contributed by atoms with van der Waals surface area (Å²) < 4.78 is 0. The Kier molecular flexibility index (Phi) is 5.58. The largest absolute Gasteiger partial charge is 0.397 e. The highest BCUT2D eigenvalue weighted by atomic mass is 16.3. The number of nitrogens with two attached hydrogens (primary N) is 1. The van der Waals surface area contributed by atoms with Crippen molar-refractivity contribution in [3.05, 3.63) is 23.5 Å². The predicted molar refractivity (Wildman–Crippen MR) is 71.2 cm³/mol. The van der Waals surface area contributed by atoms with E-state index in [1.807, 2.05) is 6.92 Å². The Morgan fingerprint density at radius 3 is 2.94 bits per heavy atom. The highest BCUT2D eigenvalue weighted by Gasteiger charge is 2.12. The number of carbonyl (C=O) groups excluding carboxylic acids is 1. The van der Waals surface area contributed by atoms with E-state index in [4.69, 9.17) is 10.8 Å². The van der Waals surface area contributed by atoms with Crippen molar-refractivity contribution in [2.45, 2.75) is 26.7 Å². The summed E-state index contributed by atoms with van der Waals surface area (Å²) in [6, 6.07) is 1.63. The van der Waals surface area contributed by atoms with E-state index in [1.165, 1.54) is 6.20 Å². The van der Waals surface area contributed by atoms with Crippen molar-refractivity contribution >= 4 is 11.6 Å². The van der Waals surface area contributed by atoms with Gasteiger partial charge in [0.2, 0.25) is 0 Å². The maximum atomic E-state index is 12.0. The lowest BCUT2D eigenvalue weighted by atomic mass is 10.0. The van der Waals surface area contributed by atoms with Crippen molar-refractivity contribution in [3.63, 3.8) is 0 Å². The number of aromatic nitrogens is 1. The Morgan fingerprint density at radius 1 is 1.61 bits per heavy atom. The van der Waals surface area contributed by atoms with E-state index >= 15 is 0 Å². The van der Waals surface area contributed by atoms with Crippen molar-refractivity contribution in [3.8, 4) is 0 Å². The number of rotatable bonds is 6. The highest BCUT2D eigenvalue weighted by molar-refractivity contribution is 5.95. The minimum atomic E-state index is -0.163. The fourth-order valence-electron chi connectivity index (χ4n) is 1.74. The van der Waals surface area contributed by atoms with Crippen LogP contribution in [0.4, 0.5) is 5.69 Å². The van der Waals surface area contributed by atoms with Crippen molar-refractivity contribution in [1.29, 1.82) is 0 Å². The molecule has 1 heterocycles. The fourth-order valence-corrected chi connectivity index (χ4v) is 1.74. The van der Waals surface area contributed by atoms with Crippen LogP contribution in [0.25, 0.3) is 0 Å². The second kappa shape index (κ2) is 6.96. The first-order chi connectivity index (χ1) is 8.58. The van der Waals surface area contributed by atoms with Crippen LogP contribution in [0.3, 0.4) is 0 Å². The summed E-state index contributed by atoms with van der Waals surface area (Å²) >= 11 is 0. The van der Waals surface area contributed by atoms with Crippen LogP contribution in [0, 0.1) is 12.8 Å². The molecule has 0 fully saturated rings. The van der Waals surface area contributed by atoms with E-state index in [2.05, 4.69) is 10.3 Å². The number of nitrogens with one attached hydrogen (secondary N) is 1. The Balaban J connectivity index is 2.62. The molecule has 0 aliphatic heterocycles. The standard InChI is InChI=1S/C13H21N3O2/c1-3-10(4-5-17)7-16-13(18)12-6-11(14)8-15-9(12)2/h6,8,10,17H,3-5,7,14H2,1-2H3,(H,16,18). The zero-order valence-corrected chi connectivity index (χ0v) is 10.9. The first-order valence-electron chi connectivity index (χ1n) is 6.19.